The van der Waals surface area contributed by atoms with Gasteiger partial charge in [-0.3, -0.25) is 4.79 Å². The molecule has 0 heterocycles. The molecule has 0 radical (unpaired) electrons. The summed E-state index contributed by atoms with van der Waals surface area (Å²) >= 11 is 0. The maximum Gasteiger partial charge on any atom is 0.220 e. The fourth-order valence-electron chi connectivity index (χ4n) is 5.93. The minimum Gasteiger partial charge on any atom is -0.394 e. The fraction of sp³-hybridized carbons (Fsp3) is 0.756. The van der Waals surface area contributed by atoms with E-state index in [1.807, 2.05) is 6.08 Å². The van der Waals surface area contributed by atoms with Crippen molar-refractivity contribution < 1.29 is 15.0 Å². The Morgan fingerprint density at radius 3 is 1.37 bits per heavy atom. The Morgan fingerprint density at radius 2 is 0.878 bits per heavy atom. The summed E-state index contributed by atoms with van der Waals surface area (Å²) < 4.78 is 0. The van der Waals surface area contributed by atoms with E-state index in [4.69, 9.17) is 0 Å². The molecule has 0 aromatic carbocycles. The Bertz CT molecular complexity index is 827. The van der Waals surface area contributed by atoms with Crippen LogP contribution < -0.4 is 5.32 Å². The number of nitrogens with one attached hydrogen (secondary N) is 1. The van der Waals surface area contributed by atoms with E-state index in [1.165, 1.54) is 135 Å². The highest BCUT2D eigenvalue weighted by molar-refractivity contribution is 5.76. The Balaban J connectivity index is 3.60. The van der Waals surface area contributed by atoms with Crippen molar-refractivity contribution in [3.8, 4) is 0 Å². The van der Waals surface area contributed by atoms with Crippen LogP contribution in [0, 0.1) is 0 Å². The van der Waals surface area contributed by atoms with E-state index in [9.17, 15) is 15.0 Å². The van der Waals surface area contributed by atoms with Crippen LogP contribution in [0.2, 0.25) is 0 Å². The van der Waals surface area contributed by atoms with Gasteiger partial charge in [-0.05, 0) is 70.6 Å². The molecule has 4 heteroatoms. The molecule has 2 unspecified atom stereocenters. The maximum absolute atomic E-state index is 12.3. The SMILES string of the molecule is CCCC/C=C/CC/C=C/CC/C=C/C(O)C(CO)NC(=O)CCCCCCCCCCC/C=C\C/C=C\CCCCCCCCCCC. The summed E-state index contributed by atoms with van der Waals surface area (Å²) in [6.07, 6.45) is 56.1. The van der Waals surface area contributed by atoms with E-state index in [1.54, 1.807) is 6.08 Å². The van der Waals surface area contributed by atoms with Crippen molar-refractivity contribution in [3.63, 3.8) is 0 Å². The molecule has 0 aromatic rings. The Labute approximate surface area is 305 Å². The van der Waals surface area contributed by atoms with Crippen LogP contribution in [0.3, 0.4) is 0 Å². The van der Waals surface area contributed by atoms with E-state index in [0.717, 1.165) is 44.9 Å². The molecule has 0 aliphatic heterocycles. The molecule has 1 amide bonds. The molecule has 0 aliphatic carbocycles. The van der Waals surface area contributed by atoms with Crippen LogP contribution in [0.5, 0.6) is 0 Å². The highest BCUT2D eigenvalue weighted by Crippen LogP contribution is 2.13. The summed E-state index contributed by atoms with van der Waals surface area (Å²) in [5.41, 5.74) is 0. The van der Waals surface area contributed by atoms with E-state index in [0.29, 0.717) is 6.42 Å². The highest BCUT2D eigenvalue weighted by atomic mass is 16.3. The lowest BCUT2D eigenvalue weighted by atomic mass is 10.1. The number of unbranched alkanes of at least 4 members (excludes halogenated alkanes) is 22. The standard InChI is InChI=1S/C45H81NO3/c1-3-5-7-9-11-13-15-17-18-19-20-21-22-23-24-25-26-27-28-29-31-33-35-37-39-41-45(49)46-43(42-47)44(48)40-38-36-34-32-30-16-14-12-10-8-6-4-2/h10,12,20-21,23-24,30,32,38,40,43-44,47-48H,3-9,11,13-19,22,25-29,31,33-37,39,41-42H2,1-2H3,(H,46,49)/b12-10+,21-20-,24-23-,32-30+,40-38+. The molecule has 0 aliphatic rings. The summed E-state index contributed by atoms with van der Waals surface area (Å²) in [5.74, 6) is -0.0858. The summed E-state index contributed by atoms with van der Waals surface area (Å²) in [7, 11) is 0. The predicted octanol–water partition coefficient (Wildman–Crippen LogP) is 13.0. The average Bonchev–Trinajstić information content (AvgIpc) is 3.10. The molecule has 0 saturated heterocycles. The highest BCUT2D eigenvalue weighted by Gasteiger charge is 2.17. The topological polar surface area (TPSA) is 69.6 Å². The van der Waals surface area contributed by atoms with Gasteiger partial charge < -0.3 is 15.5 Å². The van der Waals surface area contributed by atoms with Gasteiger partial charge in [0, 0.05) is 6.42 Å². The van der Waals surface area contributed by atoms with Crippen molar-refractivity contribution in [3.05, 3.63) is 60.8 Å². The summed E-state index contributed by atoms with van der Waals surface area (Å²) in [6.45, 7) is 4.23. The number of aliphatic hydroxyl groups is 2. The van der Waals surface area contributed by atoms with Crippen molar-refractivity contribution in [2.75, 3.05) is 6.61 Å². The second kappa shape index (κ2) is 40.5. The minimum atomic E-state index is -0.872. The molecule has 49 heavy (non-hydrogen) atoms. The second-order valence-electron chi connectivity index (χ2n) is 14.0. The zero-order valence-electron chi connectivity index (χ0n) is 32.4. The molecule has 0 rings (SSSR count). The number of rotatable bonds is 37. The first-order chi connectivity index (χ1) is 24.2. The summed E-state index contributed by atoms with van der Waals surface area (Å²) in [5, 5.41) is 22.9. The number of carbonyl (C=O) groups is 1. The minimum absolute atomic E-state index is 0.0858. The van der Waals surface area contributed by atoms with Crippen molar-refractivity contribution >= 4 is 5.91 Å². The van der Waals surface area contributed by atoms with E-state index >= 15 is 0 Å². The van der Waals surface area contributed by atoms with Crippen LogP contribution in [-0.4, -0.2) is 34.9 Å². The average molecular weight is 684 g/mol. The third kappa shape index (κ3) is 37.2. The second-order valence-corrected chi connectivity index (χ2v) is 14.0. The normalized spacial score (nSPS) is 13.6. The fourth-order valence-corrected chi connectivity index (χ4v) is 5.93. The first-order valence-corrected chi connectivity index (χ1v) is 21.0. The van der Waals surface area contributed by atoms with Crippen molar-refractivity contribution in [1.29, 1.82) is 0 Å². The molecule has 0 fully saturated rings. The monoisotopic (exact) mass is 684 g/mol. The zero-order chi connectivity index (χ0) is 35.7. The molecule has 284 valence electrons. The van der Waals surface area contributed by atoms with Gasteiger partial charge in [-0.25, -0.2) is 0 Å². The van der Waals surface area contributed by atoms with E-state index in [-0.39, 0.29) is 12.5 Å². The zero-order valence-corrected chi connectivity index (χ0v) is 32.4. The van der Waals surface area contributed by atoms with Gasteiger partial charge in [-0.1, -0.05) is 184 Å². The van der Waals surface area contributed by atoms with Crippen LogP contribution >= 0.6 is 0 Å². The van der Waals surface area contributed by atoms with E-state index < -0.39 is 12.1 Å². The predicted molar refractivity (Wildman–Crippen MR) is 216 cm³/mol. The van der Waals surface area contributed by atoms with Crippen LogP contribution in [0.1, 0.15) is 200 Å². The van der Waals surface area contributed by atoms with Crippen LogP contribution in [-0.2, 0) is 4.79 Å². The van der Waals surface area contributed by atoms with Gasteiger partial charge >= 0.3 is 0 Å². The molecule has 3 N–H and O–H groups in total. The van der Waals surface area contributed by atoms with Gasteiger partial charge in [0.15, 0.2) is 0 Å². The number of hydrogen-bond donors (Lipinski definition) is 3. The Kier molecular flexibility index (Phi) is 38.9. The van der Waals surface area contributed by atoms with Gasteiger partial charge in [0.1, 0.15) is 0 Å². The molecular weight excluding hydrogens is 602 g/mol. The van der Waals surface area contributed by atoms with Crippen LogP contribution in [0.25, 0.3) is 0 Å². The number of hydrogen-bond acceptors (Lipinski definition) is 3. The van der Waals surface area contributed by atoms with Gasteiger partial charge in [0.2, 0.25) is 5.91 Å². The van der Waals surface area contributed by atoms with Gasteiger partial charge in [-0.2, -0.15) is 0 Å². The molecule has 0 bridgehead atoms. The largest absolute Gasteiger partial charge is 0.394 e. The molecule has 0 aromatic heterocycles. The quantitative estimate of drug-likeness (QED) is 0.0451. The summed E-state index contributed by atoms with van der Waals surface area (Å²) in [6, 6.07) is -0.648. The molecular formula is C45H81NO3. The Morgan fingerprint density at radius 1 is 0.490 bits per heavy atom. The third-order valence-corrected chi connectivity index (χ3v) is 9.20. The van der Waals surface area contributed by atoms with Crippen molar-refractivity contribution in [1.82, 2.24) is 5.32 Å². The van der Waals surface area contributed by atoms with Crippen LogP contribution in [0.15, 0.2) is 60.8 Å². The summed E-state index contributed by atoms with van der Waals surface area (Å²) in [4.78, 5) is 12.3. The lowest BCUT2D eigenvalue weighted by Crippen LogP contribution is -2.45. The van der Waals surface area contributed by atoms with Gasteiger partial charge in [-0.15, -0.1) is 0 Å². The number of carbonyl (C=O) groups excluding carboxylic acids is 1. The first-order valence-electron chi connectivity index (χ1n) is 21.0. The van der Waals surface area contributed by atoms with Crippen molar-refractivity contribution in [2.45, 2.75) is 212 Å². The molecule has 2 atom stereocenters. The third-order valence-electron chi connectivity index (χ3n) is 9.20. The lowest BCUT2D eigenvalue weighted by molar-refractivity contribution is -0.123. The number of aliphatic hydroxyl groups excluding tert-OH is 2. The van der Waals surface area contributed by atoms with Crippen molar-refractivity contribution in [2.24, 2.45) is 0 Å². The van der Waals surface area contributed by atoms with E-state index in [2.05, 4.69) is 67.8 Å². The smallest absolute Gasteiger partial charge is 0.220 e. The molecule has 0 spiro atoms. The van der Waals surface area contributed by atoms with Crippen LogP contribution in [0.4, 0.5) is 0 Å². The number of allylic oxidation sites excluding steroid dienone is 9. The number of amides is 1. The molecule has 4 nitrogen and oxygen atoms in total. The first kappa shape index (κ1) is 47.1. The molecule has 0 saturated carbocycles. The maximum atomic E-state index is 12.3. The van der Waals surface area contributed by atoms with Gasteiger partial charge in [0.05, 0.1) is 18.8 Å². The van der Waals surface area contributed by atoms with Gasteiger partial charge in [0.25, 0.3) is 0 Å². The lowest BCUT2D eigenvalue weighted by Gasteiger charge is -2.19. The Hall–Kier alpha value is -1.91.